The molecule has 0 aliphatic carbocycles. The lowest BCUT2D eigenvalue weighted by Crippen LogP contribution is -2.33. The van der Waals surface area contributed by atoms with Gasteiger partial charge in [0.2, 0.25) is 0 Å². The molecule has 4 heterocycles. The average molecular weight is 1600 g/mol. The lowest BCUT2D eigenvalue weighted by Gasteiger charge is -2.19. The summed E-state index contributed by atoms with van der Waals surface area (Å²) in [7, 11) is 0. The predicted octanol–water partition coefficient (Wildman–Crippen LogP) is 21.1. The molecule has 4 aromatic heterocycles. The molecular formula is C71H73Cl5F12N8O10. The van der Waals surface area contributed by atoms with Gasteiger partial charge in [-0.3, -0.25) is 9.97 Å². The third kappa shape index (κ3) is 34.1. The maximum absolute atomic E-state index is 12.9. The van der Waals surface area contributed by atoms with Crippen molar-refractivity contribution in [2.24, 2.45) is 5.73 Å². The Bertz CT molecular complexity index is 4110. The quantitative estimate of drug-likeness (QED) is 0.0421. The summed E-state index contributed by atoms with van der Waals surface area (Å²) < 4.78 is 182. The zero-order valence-corrected chi connectivity index (χ0v) is 61.7. The minimum atomic E-state index is -4.73. The van der Waals surface area contributed by atoms with Crippen molar-refractivity contribution in [3.63, 3.8) is 0 Å². The number of nitrogens with zero attached hydrogens (tertiary/aromatic N) is 4. The van der Waals surface area contributed by atoms with Gasteiger partial charge in [0.15, 0.2) is 17.1 Å². The normalized spacial score (nSPS) is 11.6. The van der Waals surface area contributed by atoms with Gasteiger partial charge in [-0.2, -0.15) is 52.7 Å². The summed E-state index contributed by atoms with van der Waals surface area (Å²) in [4.78, 5) is 47.3. The topological polar surface area (TPSA) is 240 Å². The van der Waals surface area contributed by atoms with Crippen LogP contribution in [0.2, 0.25) is 25.1 Å². The zero-order chi connectivity index (χ0) is 79.6. The van der Waals surface area contributed by atoms with Crippen LogP contribution in [0.4, 0.5) is 67.1 Å². The number of benzene rings is 4. The van der Waals surface area contributed by atoms with Gasteiger partial charge >= 0.3 is 43.0 Å². The highest BCUT2D eigenvalue weighted by Gasteiger charge is 2.39. The molecular weight excluding hydrogens is 1530 g/mol. The number of aromatic nitrogens is 4. The summed E-state index contributed by atoms with van der Waals surface area (Å²) in [5.41, 5.74) is 3.25. The van der Waals surface area contributed by atoms with Crippen LogP contribution in [0.25, 0.3) is 0 Å². The average Bonchev–Trinajstić information content (AvgIpc) is 0.653. The standard InChI is InChI=1S/C19H19Cl2F3N2O3.C19H21F3N2O3.C14H13F3N2O.C13H19NO3.C6HCl3F3N/c1-18(2,3)29-17(27)25-9-8-11-4-6-12(7-5-11)28-15-13(20)10-26-16(14(15)21)19(22,23)24;1-18(2,3)27-17(25)24-10-8-13-4-6-14(7-5-13)26-15-9-11-23-16(12-15)19(20,21)22;15-14(16,17)13-9-12(6-8-19-13)20-11-3-1-10(2-4-11)5-7-18;1-13(2,3)17-12(16)14-9-8-10-4-6-11(15)7-5-10;7-2-1-13-5(6(10,11)12)4(9)3(2)8/h4-7,10H,8-9H2,1-3H3,(H,25,27);4-7,9,11-12H,8,10H2,1-3H3,(H,24,25);1-4,6,8-9H,5,7,18H2;4-7,15H,8-9H2,1-3H3,(H,14,16);1H. The maximum Gasteiger partial charge on any atom is 0.434 e. The molecule has 8 aromatic rings. The molecule has 0 radical (unpaired) electrons. The molecule has 4 aromatic carbocycles. The number of alkyl carbamates (subject to hydrolysis) is 3. The number of nitrogens with one attached hydrogen (secondary N) is 3. The molecule has 8 rings (SSSR count). The van der Waals surface area contributed by atoms with Gasteiger partial charge in [-0.1, -0.05) is 107 Å². The smallest absolute Gasteiger partial charge is 0.434 e. The molecule has 18 nitrogen and oxygen atoms in total. The fourth-order valence-electron chi connectivity index (χ4n) is 7.90. The van der Waals surface area contributed by atoms with Crippen molar-refractivity contribution in [1.29, 1.82) is 0 Å². The van der Waals surface area contributed by atoms with E-state index < -0.39 is 92.6 Å². The largest absolute Gasteiger partial charge is 0.508 e. The number of alkyl halides is 12. The molecule has 0 unspecified atom stereocenters. The number of carbonyl (C=O) groups excluding carboxylic acids is 3. The number of phenolic OH excluding ortho intramolecular Hbond substituents is 1. The van der Waals surface area contributed by atoms with Crippen LogP contribution in [-0.2, 0) is 64.6 Å². The van der Waals surface area contributed by atoms with Gasteiger partial charge < -0.3 is 55.2 Å². The molecule has 0 aliphatic heterocycles. The van der Waals surface area contributed by atoms with E-state index in [2.05, 4.69) is 35.9 Å². The minimum Gasteiger partial charge on any atom is -0.508 e. The molecule has 0 fully saturated rings. The van der Waals surface area contributed by atoms with Crippen molar-refractivity contribution in [3.8, 4) is 40.2 Å². The third-order valence-electron chi connectivity index (χ3n) is 12.5. The van der Waals surface area contributed by atoms with Crippen molar-refractivity contribution >= 4 is 76.3 Å². The number of hydrogen-bond donors (Lipinski definition) is 5. The highest BCUT2D eigenvalue weighted by atomic mass is 35.5. The second-order valence-electron chi connectivity index (χ2n) is 24.9. The lowest BCUT2D eigenvalue weighted by atomic mass is 10.1. The number of nitrogens with two attached hydrogens (primary N) is 1. The van der Waals surface area contributed by atoms with E-state index in [-0.39, 0.29) is 43.8 Å². The van der Waals surface area contributed by atoms with E-state index in [1.807, 2.05) is 45.0 Å². The lowest BCUT2D eigenvalue weighted by molar-refractivity contribution is -0.142. The SMILES string of the molecule is CC(C)(C)OC(=O)NCCc1ccc(O)cc1.CC(C)(C)OC(=O)NCCc1ccc(Oc2c(Cl)cnc(C(F)(F)F)c2Cl)cc1.CC(C)(C)OC(=O)NCCc1ccc(Oc2ccnc(C(F)(F)F)c2)cc1.FC(F)(F)c1ncc(Cl)c(Cl)c1Cl.NCCc1ccc(Oc2ccnc(C(F)(F)F)c2)cc1. The van der Waals surface area contributed by atoms with Crippen LogP contribution >= 0.6 is 58.0 Å². The second kappa shape index (κ2) is 40.1. The van der Waals surface area contributed by atoms with Crippen molar-refractivity contribution < 1.29 is 101 Å². The van der Waals surface area contributed by atoms with E-state index in [4.69, 9.17) is 97.3 Å². The molecule has 6 N–H and O–H groups in total. The summed E-state index contributed by atoms with van der Waals surface area (Å²) in [5.74, 6) is 1.18. The van der Waals surface area contributed by atoms with Gasteiger partial charge in [0.05, 0.1) is 21.3 Å². The highest BCUT2D eigenvalue weighted by molar-refractivity contribution is 6.48. The van der Waals surface area contributed by atoms with Crippen LogP contribution in [0.3, 0.4) is 0 Å². The first-order valence-electron chi connectivity index (χ1n) is 31.3. The van der Waals surface area contributed by atoms with Crippen LogP contribution in [0.1, 0.15) is 107 Å². The van der Waals surface area contributed by atoms with Gasteiger partial charge in [0.25, 0.3) is 0 Å². The molecule has 0 atom stereocenters. The summed E-state index contributed by atoms with van der Waals surface area (Å²) in [6.45, 7) is 17.9. The fraction of sp³-hybridized carbons (Fsp3) is 0.338. The van der Waals surface area contributed by atoms with Gasteiger partial charge in [-0.15, -0.1) is 0 Å². The van der Waals surface area contributed by atoms with E-state index in [0.29, 0.717) is 56.9 Å². The summed E-state index contributed by atoms with van der Waals surface area (Å²) in [6, 6.07) is 31.8. The Kier molecular flexibility index (Phi) is 33.9. The van der Waals surface area contributed by atoms with Crippen LogP contribution in [-0.4, -0.2) is 86.3 Å². The number of phenols is 1. The monoisotopic (exact) mass is 1600 g/mol. The molecule has 576 valence electrons. The Labute approximate surface area is 627 Å². The Morgan fingerprint density at radius 2 is 0.708 bits per heavy atom. The number of rotatable bonds is 17. The number of halogens is 17. The summed E-state index contributed by atoms with van der Waals surface area (Å²) in [5, 5.41) is 15.1. The Balaban J connectivity index is 0.000000288. The predicted molar refractivity (Wildman–Crippen MR) is 376 cm³/mol. The first-order valence-corrected chi connectivity index (χ1v) is 33.2. The summed E-state index contributed by atoms with van der Waals surface area (Å²) in [6.07, 6.45) is -13.5. The van der Waals surface area contributed by atoms with E-state index in [9.17, 15) is 67.1 Å². The van der Waals surface area contributed by atoms with Crippen LogP contribution in [0, 0.1) is 0 Å². The van der Waals surface area contributed by atoms with Crippen molar-refractivity contribution in [3.05, 3.63) is 216 Å². The molecule has 35 heteroatoms. The third-order valence-corrected chi connectivity index (χ3v) is 14.4. The fourth-order valence-corrected chi connectivity index (χ4v) is 9.02. The molecule has 0 bridgehead atoms. The second-order valence-corrected chi connectivity index (χ2v) is 26.9. The molecule has 0 saturated carbocycles. The van der Waals surface area contributed by atoms with Gasteiger partial charge in [0.1, 0.15) is 72.7 Å². The first kappa shape index (κ1) is 89.5. The molecule has 0 saturated heterocycles. The van der Waals surface area contributed by atoms with Crippen LogP contribution in [0.5, 0.6) is 40.2 Å². The molecule has 0 aliphatic rings. The number of carbonyl (C=O) groups is 3. The Hall–Kier alpha value is -8.94. The molecule has 106 heavy (non-hydrogen) atoms. The van der Waals surface area contributed by atoms with E-state index in [1.54, 1.807) is 114 Å². The zero-order valence-electron chi connectivity index (χ0n) is 57.9. The van der Waals surface area contributed by atoms with Crippen molar-refractivity contribution in [2.75, 3.05) is 26.2 Å². The first-order chi connectivity index (χ1) is 49.1. The number of aromatic hydroxyl groups is 1. The number of hydrogen-bond acceptors (Lipinski definition) is 15. The number of ether oxygens (including phenoxy) is 6. The Morgan fingerprint density at radius 3 is 1.03 bits per heavy atom. The highest BCUT2D eigenvalue weighted by Crippen LogP contribution is 2.44. The maximum atomic E-state index is 12.9. The Morgan fingerprint density at radius 1 is 0.396 bits per heavy atom. The van der Waals surface area contributed by atoms with E-state index in [1.165, 1.54) is 12.1 Å². The van der Waals surface area contributed by atoms with Crippen LogP contribution in [0.15, 0.2) is 146 Å². The van der Waals surface area contributed by atoms with Gasteiger partial charge in [0, 0.05) is 50.4 Å². The number of amides is 3. The van der Waals surface area contributed by atoms with E-state index >= 15 is 0 Å². The van der Waals surface area contributed by atoms with Crippen molar-refractivity contribution in [2.45, 2.75) is 130 Å². The van der Waals surface area contributed by atoms with Crippen molar-refractivity contribution in [1.82, 2.24) is 35.9 Å². The van der Waals surface area contributed by atoms with E-state index in [0.717, 1.165) is 65.6 Å². The van der Waals surface area contributed by atoms with Gasteiger partial charge in [-0.05, 0) is 177 Å². The molecule has 3 amide bonds. The summed E-state index contributed by atoms with van der Waals surface area (Å²) >= 11 is 27.7. The molecule has 0 spiro atoms. The number of pyridine rings is 4. The van der Waals surface area contributed by atoms with Crippen LogP contribution < -0.4 is 35.9 Å². The minimum absolute atomic E-state index is 0.0525. The van der Waals surface area contributed by atoms with Gasteiger partial charge in [-0.25, -0.2) is 24.4 Å².